The van der Waals surface area contributed by atoms with Crippen LogP contribution in [-0.2, 0) is 11.3 Å². The van der Waals surface area contributed by atoms with Crippen molar-refractivity contribution in [3.63, 3.8) is 0 Å². The van der Waals surface area contributed by atoms with Crippen LogP contribution >= 0.6 is 0 Å². The molecule has 2 rings (SSSR count). The van der Waals surface area contributed by atoms with E-state index in [1.165, 1.54) is 0 Å². The predicted molar refractivity (Wildman–Crippen MR) is 79.4 cm³/mol. The van der Waals surface area contributed by atoms with Gasteiger partial charge in [-0.1, -0.05) is 44.2 Å². The second kappa shape index (κ2) is 7.29. The van der Waals surface area contributed by atoms with Gasteiger partial charge in [-0.3, -0.25) is 0 Å². The van der Waals surface area contributed by atoms with Gasteiger partial charge in [0.2, 0.25) is 0 Å². The molecule has 1 N–H and O–H groups in total. The number of hydrogen-bond donors (Lipinski definition) is 1. The summed E-state index contributed by atoms with van der Waals surface area (Å²) in [6.07, 6.45) is 0.806. The quantitative estimate of drug-likeness (QED) is 0.919. The minimum absolute atomic E-state index is 0.187. The maximum absolute atomic E-state index is 11.9. The molecule has 0 aliphatic carbocycles. The summed E-state index contributed by atoms with van der Waals surface area (Å²) in [7, 11) is 0. The molecule has 1 fully saturated rings. The first-order chi connectivity index (χ1) is 9.69. The zero-order chi connectivity index (χ0) is 14.4. The Morgan fingerprint density at radius 2 is 2.15 bits per heavy atom. The summed E-state index contributed by atoms with van der Waals surface area (Å²) in [5, 5.41) is 3.00. The topological polar surface area (TPSA) is 41.6 Å². The molecule has 20 heavy (non-hydrogen) atoms. The molecule has 0 unspecified atom stereocenters. The van der Waals surface area contributed by atoms with Crippen molar-refractivity contribution in [3.05, 3.63) is 35.9 Å². The van der Waals surface area contributed by atoms with Gasteiger partial charge in [-0.25, -0.2) is 4.79 Å². The van der Waals surface area contributed by atoms with Gasteiger partial charge >= 0.3 is 6.09 Å². The fourth-order valence-electron chi connectivity index (χ4n) is 2.53. The van der Waals surface area contributed by atoms with Crippen LogP contribution in [0.15, 0.2) is 30.3 Å². The summed E-state index contributed by atoms with van der Waals surface area (Å²) in [4.78, 5) is 14.2. The zero-order valence-corrected chi connectivity index (χ0v) is 12.3. The fourth-order valence-corrected chi connectivity index (χ4v) is 2.53. The molecule has 4 heteroatoms. The summed E-state index contributed by atoms with van der Waals surface area (Å²) in [6, 6.07) is 9.93. The fraction of sp³-hybridized carbons (Fsp3) is 0.562. The third-order valence-corrected chi connectivity index (χ3v) is 4.01. The van der Waals surface area contributed by atoms with Crippen LogP contribution < -0.4 is 5.32 Å². The Morgan fingerprint density at radius 1 is 1.40 bits per heavy atom. The van der Waals surface area contributed by atoms with Gasteiger partial charge in [0.15, 0.2) is 0 Å². The number of hydrogen-bond acceptors (Lipinski definition) is 3. The Hall–Kier alpha value is -1.55. The van der Waals surface area contributed by atoms with Gasteiger partial charge < -0.3 is 15.0 Å². The summed E-state index contributed by atoms with van der Waals surface area (Å²) < 4.78 is 5.28. The third kappa shape index (κ3) is 4.23. The lowest BCUT2D eigenvalue weighted by Gasteiger charge is -2.36. The minimum Gasteiger partial charge on any atom is -0.445 e. The van der Waals surface area contributed by atoms with Gasteiger partial charge in [0.25, 0.3) is 0 Å². The van der Waals surface area contributed by atoms with E-state index in [-0.39, 0.29) is 12.1 Å². The molecule has 1 amide bonds. The third-order valence-electron chi connectivity index (χ3n) is 4.01. The Kier molecular flexibility index (Phi) is 5.41. The molecule has 2 atom stereocenters. The average Bonchev–Trinajstić information content (AvgIpc) is 2.48. The largest absolute Gasteiger partial charge is 0.445 e. The average molecular weight is 276 g/mol. The maximum atomic E-state index is 11.9. The number of nitrogens with one attached hydrogen (secondary N) is 1. The number of likely N-dealkylation sites (N-methyl/N-ethyl adjacent to an activating group) is 1. The lowest BCUT2D eigenvalue weighted by molar-refractivity contribution is 0.112. The maximum Gasteiger partial charge on any atom is 0.407 e. The van der Waals surface area contributed by atoms with Crippen LogP contribution in [0.3, 0.4) is 0 Å². The molecule has 1 aromatic carbocycles. The Bertz CT molecular complexity index is 422. The van der Waals surface area contributed by atoms with Gasteiger partial charge in [0.05, 0.1) is 0 Å². The van der Waals surface area contributed by atoms with Crippen molar-refractivity contribution in [2.24, 2.45) is 5.92 Å². The molecule has 1 aliphatic rings. The number of benzene rings is 1. The van der Waals surface area contributed by atoms with Crippen LogP contribution in [0.1, 0.15) is 25.8 Å². The van der Waals surface area contributed by atoms with Crippen molar-refractivity contribution in [1.29, 1.82) is 0 Å². The molecule has 0 aromatic heterocycles. The summed E-state index contributed by atoms with van der Waals surface area (Å²) in [6.45, 7) is 7.73. The first kappa shape index (κ1) is 14.9. The van der Waals surface area contributed by atoms with Crippen LogP contribution in [-0.4, -0.2) is 36.7 Å². The molecule has 1 aromatic rings. The number of amides is 1. The molecule has 0 saturated carbocycles. The summed E-state index contributed by atoms with van der Waals surface area (Å²) in [5.74, 6) is 0.502. The van der Waals surface area contributed by atoms with Crippen molar-refractivity contribution in [1.82, 2.24) is 10.2 Å². The number of piperidine rings is 1. The van der Waals surface area contributed by atoms with Gasteiger partial charge in [-0.05, 0) is 31.0 Å². The van der Waals surface area contributed by atoms with Crippen molar-refractivity contribution in [3.8, 4) is 0 Å². The number of nitrogens with zero attached hydrogens (tertiary/aromatic N) is 1. The number of ether oxygens (including phenoxy) is 1. The summed E-state index contributed by atoms with van der Waals surface area (Å²) in [5.41, 5.74) is 1.01. The highest BCUT2D eigenvalue weighted by molar-refractivity contribution is 5.67. The molecule has 0 radical (unpaired) electrons. The number of alkyl carbamates (subject to hydrolysis) is 1. The molecule has 0 bridgehead atoms. The summed E-state index contributed by atoms with van der Waals surface area (Å²) >= 11 is 0. The van der Waals surface area contributed by atoms with E-state index in [9.17, 15) is 4.79 Å². The monoisotopic (exact) mass is 276 g/mol. The molecular formula is C16H24N2O2. The highest BCUT2D eigenvalue weighted by Gasteiger charge is 2.26. The number of likely N-dealkylation sites (tertiary alicyclic amines) is 1. The van der Waals surface area contributed by atoms with Crippen LogP contribution in [0.5, 0.6) is 0 Å². The van der Waals surface area contributed by atoms with E-state index < -0.39 is 0 Å². The lowest BCUT2D eigenvalue weighted by Crippen LogP contribution is -2.51. The Morgan fingerprint density at radius 3 is 2.85 bits per heavy atom. The van der Waals surface area contributed by atoms with E-state index in [4.69, 9.17) is 4.74 Å². The highest BCUT2D eigenvalue weighted by Crippen LogP contribution is 2.17. The van der Waals surface area contributed by atoms with Crippen LogP contribution in [0.25, 0.3) is 0 Å². The standard InChI is InChI=1S/C16H24N2O2/c1-3-18-10-9-13(2)15(11-18)17-16(19)20-12-14-7-5-4-6-8-14/h4-8,13,15H,3,9-12H2,1-2H3,(H,17,19)/t13-,15+/m0/s1. The predicted octanol–water partition coefficient (Wildman–Crippen LogP) is 2.64. The molecule has 4 nitrogen and oxygen atoms in total. The Balaban J connectivity index is 1.78. The van der Waals surface area contributed by atoms with Gasteiger partial charge in [0.1, 0.15) is 6.61 Å². The first-order valence-corrected chi connectivity index (χ1v) is 7.38. The number of rotatable bonds is 4. The van der Waals surface area contributed by atoms with Gasteiger partial charge in [-0.2, -0.15) is 0 Å². The van der Waals surface area contributed by atoms with Gasteiger partial charge in [0, 0.05) is 12.6 Å². The van der Waals surface area contributed by atoms with E-state index >= 15 is 0 Å². The number of carbonyl (C=O) groups excluding carboxylic acids is 1. The van der Waals surface area contributed by atoms with E-state index in [1.54, 1.807) is 0 Å². The lowest BCUT2D eigenvalue weighted by atomic mass is 9.93. The second-order valence-electron chi connectivity index (χ2n) is 5.47. The molecule has 1 saturated heterocycles. The van der Waals surface area contributed by atoms with E-state index in [2.05, 4.69) is 24.1 Å². The van der Waals surface area contributed by atoms with Crippen molar-refractivity contribution in [2.45, 2.75) is 32.9 Å². The van der Waals surface area contributed by atoms with Crippen LogP contribution in [0.2, 0.25) is 0 Å². The van der Waals surface area contributed by atoms with Crippen molar-refractivity contribution < 1.29 is 9.53 Å². The second-order valence-corrected chi connectivity index (χ2v) is 5.47. The number of carbonyl (C=O) groups is 1. The molecule has 1 aliphatic heterocycles. The smallest absolute Gasteiger partial charge is 0.407 e. The minimum atomic E-state index is -0.316. The first-order valence-electron chi connectivity index (χ1n) is 7.38. The molecule has 0 spiro atoms. The Labute approximate surface area is 121 Å². The van der Waals surface area contributed by atoms with Crippen LogP contribution in [0, 0.1) is 5.92 Å². The normalized spacial score (nSPS) is 23.3. The van der Waals surface area contributed by atoms with Crippen molar-refractivity contribution in [2.75, 3.05) is 19.6 Å². The van der Waals surface area contributed by atoms with Crippen LogP contribution in [0.4, 0.5) is 4.79 Å². The molecule has 1 heterocycles. The van der Waals surface area contributed by atoms with E-state index in [0.29, 0.717) is 12.5 Å². The highest BCUT2D eigenvalue weighted by atomic mass is 16.5. The van der Waals surface area contributed by atoms with Gasteiger partial charge in [-0.15, -0.1) is 0 Å². The van der Waals surface area contributed by atoms with E-state index in [0.717, 1.165) is 31.6 Å². The molecular weight excluding hydrogens is 252 g/mol. The SMILES string of the molecule is CCN1CC[C@H](C)[C@H](NC(=O)OCc2ccccc2)C1. The van der Waals surface area contributed by atoms with Crippen molar-refractivity contribution >= 4 is 6.09 Å². The molecule has 110 valence electrons. The zero-order valence-electron chi connectivity index (χ0n) is 12.3. The van der Waals surface area contributed by atoms with E-state index in [1.807, 2.05) is 30.3 Å².